The van der Waals surface area contributed by atoms with E-state index in [0.717, 1.165) is 30.5 Å². The molecule has 0 aliphatic rings. The Morgan fingerprint density at radius 2 is 1.78 bits per heavy atom. The van der Waals surface area contributed by atoms with Gasteiger partial charge in [-0.05, 0) is 30.3 Å². The van der Waals surface area contributed by atoms with Gasteiger partial charge in [0.25, 0.3) is 0 Å². The molecular formula is C14H10F5N3O3S2. The van der Waals surface area contributed by atoms with Gasteiger partial charge in [-0.3, -0.25) is 4.79 Å². The minimum atomic E-state index is -4.74. The zero-order valence-corrected chi connectivity index (χ0v) is 14.7. The number of nitrogens with one attached hydrogen (secondary N) is 1. The summed E-state index contributed by atoms with van der Waals surface area (Å²) in [6.45, 7) is 0. The van der Waals surface area contributed by atoms with Crippen LogP contribution in [0.15, 0.2) is 46.6 Å². The molecule has 1 aromatic heterocycles. The molecule has 1 amide bonds. The molecular weight excluding hydrogens is 417 g/mol. The van der Waals surface area contributed by atoms with Crippen LogP contribution >= 0.6 is 11.8 Å². The van der Waals surface area contributed by atoms with Crippen molar-refractivity contribution < 1.29 is 35.2 Å². The lowest BCUT2D eigenvalue weighted by Gasteiger charge is -2.08. The van der Waals surface area contributed by atoms with E-state index in [1.807, 2.05) is 0 Å². The molecule has 0 saturated carbocycles. The molecule has 0 fully saturated rings. The van der Waals surface area contributed by atoms with Crippen molar-refractivity contribution >= 4 is 33.2 Å². The number of thioether (sulfide) groups is 1. The second-order valence-electron chi connectivity index (χ2n) is 4.89. The fraction of sp³-hybridized carbons (Fsp3) is 0.214. The molecule has 2 aromatic rings. The van der Waals surface area contributed by atoms with Crippen LogP contribution in [0.25, 0.3) is 0 Å². The monoisotopic (exact) mass is 427 g/mol. The summed E-state index contributed by atoms with van der Waals surface area (Å²) in [5, 5.41) is 2.09. The van der Waals surface area contributed by atoms with Crippen molar-refractivity contribution in [1.29, 1.82) is 0 Å². The third kappa shape index (κ3) is 5.60. The van der Waals surface area contributed by atoms with Gasteiger partial charge in [0.1, 0.15) is 5.69 Å². The van der Waals surface area contributed by atoms with Gasteiger partial charge < -0.3 is 5.32 Å². The van der Waals surface area contributed by atoms with Gasteiger partial charge in [-0.25, -0.2) is 18.4 Å². The zero-order valence-electron chi connectivity index (χ0n) is 13.1. The van der Waals surface area contributed by atoms with Crippen LogP contribution in [0.2, 0.25) is 0 Å². The number of carbonyl (C=O) groups excluding carboxylic acids is 1. The number of halogens is 5. The van der Waals surface area contributed by atoms with E-state index in [1.54, 1.807) is 0 Å². The van der Waals surface area contributed by atoms with Crippen LogP contribution in [0.1, 0.15) is 5.69 Å². The maximum absolute atomic E-state index is 12.6. The molecule has 0 atom stereocenters. The lowest BCUT2D eigenvalue weighted by atomic mass is 10.3. The Bertz CT molecular complexity index is 918. The maximum Gasteiger partial charge on any atom is 0.433 e. The van der Waals surface area contributed by atoms with E-state index in [-0.39, 0.29) is 16.6 Å². The number of anilines is 1. The van der Waals surface area contributed by atoms with Gasteiger partial charge in [0.05, 0.1) is 10.6 Å². The third-order valence-electron chi connectivity index (χ3n) is 2.96. The molecule has 0 radical (unpaired) electrons. The first kappa shape index (κ1) is 21.0. The topological polar surface area (TPSA) is 89.0 Å². The molecule has 1 aromatic carbocycles. The van der Waals surface area contributed by atoms with Gasteiger partial charge in [0.2, 0.25) is 15.7 Å². The molecule has 2 rings (SSSR count). The van der Waals surface area contributed by atoms with Gasteiger partial charge in [0.15, 0.2) is 5.16 Å². The third-order valence-corrected chi connectivity index (χ3v) is 5.22. The summed E-state index contributed by atoms with van der Waals surface area (Å²) in [7, 11) is -4.74. The van der Waals surface area contributed by atoms with Gasteiger partial charge in [-0.15, -0.1) is 0 Å². The molecule has 0 aliphatic carbocycles. The van der Waals surface area contributed by atoms with E-state index in [0.29, 0.717) is 17.8 Å². The van der Waals surface area contributed by atoms with E-state index >= 15 is 0 Å². The van der Waals surface area contributed by atoms with Crippen molar-refractivity contribution in [3.63, 3.8) is 0 Å². The average Bonchev–Trinajstić information content (AvgIpc) is 2.60. The van der Waals surface area contributed by atoms with E-state index in [2.05, 4.69) is 15.3 Å². The highest BCUT2D eigenvalue weighted by molar-refractivity contribution is 7.99. The smallest absolute Gasteiger partial charge is 0.325 e. The minimum absolute atomic E-state index is 0.124. The number of hydrogen-bond acceptors (Lipinski definition) is 6. The molecule has 1 N–H and O–H groups in total. The van der Waals surface area contributed by atoms with Gasteiger partial charge in [0, 0.05) is 11.9 Å². The van der Waals surface area contributed by atoms with Crippen molar-refractivity contribution in [3.05, 3.63) is 42.2 Å². The fourth-order valence-electron chi connectivity index (χ4n) is 1.73. The van der Waals surface area contributed by atoms with Crippen LogP contribution in [-0.4, -0.2) is 35.8 Å². The lowest BCUT2D eigenvalue weighted by molar-refractivity contribution is -0.141. The summed E-state index contributed by atoms with van der Waals surface area (Å²) >= 11 is 0.660. The Balaban J connectivity index is 1.97. The molecule has 0 spiro atoms. The minimum Gasteiger partial charge on any atom is -0.325 e. The molecule has 146 valence electrons. The first-order valence-electron chi connectivity index (χ1n) is 6.95. The van der Waals surface area contributed by atoms with Gasteiger partial charge in [-0.2, -0.15) is 22.0 Å². The molecule has 1 heterocycles. The fourth-order valence-corrected chi connectivity index (χ4v) is 3.08. The standard InChI is InChI=1S/C14H10F5N3O3S2/c15-12(16)27(24,25)9-3-1-8(2-4-9)21-11(23)7-26-13-20-6-5-10(22-13)14(17,18)19/h1-6,12H,7H2,(H,21,23). The van der Waals surface area contributed by atoms with Crippen LogP contribution in [0.5, 0.6) is 0 Å². The Hall–Kier alpha value is -2.28. The molecule has 13 heteroatoms. The van der Waals surface area contributed by atoms with Gasteiger partial charge in [-0.1, -0.05) is 11.8 Å². The Kier molecular flexibility index (Phi) is 6.36. The van der Waals surface area contributed by atoms with Crippen molar-refractivity contribution in [3.8, 4) is 0 Å². The second-order valence-corrected chi connectivity index (χ2v) is 7.75. The lowest BCUT2D eigenvalue weighted by Crippen LogP contribution is -2.15. The van der Waals surface area contributed by atoms with Crippen molar-refractivity contribution in [2.45, 2.75) is 22.0 Å². The predicted octanol–water partition coefficient (Wildman–Crippen LogP) is 3.22. The number of carbonyl (C=O) groups is 1. The summed E-state index contributed by atoms with van der Waals surface area (Å²) < 4.78 is 85.1. The molecule has 0 bridgehead atoms. The van der Waals surface area contributed by atoms with Crippen molar-refractivity contribution in [2.24, 2.45) is 0 Å². The SMILES string of the molecule is O=C(CSc1nccc(C(F)(F)F)n1)Nc1ccc(S(=O)(=O)C(F)F)cc1. The summed E-state index contributed by atoms with van der Waals surface area (Å²) in [5.74, 6) is -4.52. The van der Waals surface area contributed by atoms with Crippen LogP contribution in [0.3, 0.4) is 0 Å². The summed E-state index contributed by atoms with van der Waals surface area (Å²) in [6.07, 6.45) is -3.72. The second kappa shape index (κ2) is 8.17. The molecule has 0 aliphatic heterocycles. The first-order chi connectivity index (χ1) is 12.5. The van der Waals surface area contributed by atoms with E-state index in [9.17, 15) is 35.2 Å². The number of alkyl halides is 5. The van der Waals surface area contributed by atoms with Crippen LogP contribution in [-0.2, 0) is 20.8 Å². The first-order valence-corrected chi connectivity index (χ1v) is 9.48. The quantitative estimate of drug-likeness (QED) is 0.433. The zero-order chi connectivity index (χ0) is 20.2. The highest BCUT2D eigenvalue weighted by Crippen LogP contribution is 2.28. The summed E-state index contributed by atoms with van der Waals surface area (Å²) in [6, 6.07) is 4.72. The largest absolute Gasteiger partial charge is 0.433 e. The molecule has 6 nitrogen and oxygen atoms in total. The molecule has 0 unspecified atom stereocenters. The number of sulfone groups is 1. The highest BCUT2D eigenvalue weighted by atomic mass is 32.2. The number of rotatable bonds is 6. The van der Waals surface area contributed by atoms with Crippen LogP contribution < -0.4 is 5.32 Å². The van der Waals surface area contributed by atoms with E-state index in [4.69, 9.17) is 0 Å². The number of amides is 1. The Labute approximate surface area is 154 Å². The average molecular weight is 427 g/mol. The number of hydrogen-bond donors (Lipinski definition) is 1. The Morgan fingerprint density at radius 1 is 1.15 bits per heavy atom. The van der Waals surface area contributed by atoms with Gasteiger partial charge >= 0.3 is 11.9 Å². The Morgan fingerprint density at radius 3 is 2.33 bits per heavy atom. The molecule has 27 heavy (non-hydrogen) atoms. The van der Waals surface area contributed by atoms with Crippen LogP contribution in [0, 0.1) is 0 Å². The molecule has 0 saturated heterocycles. The normalized spacial score (nSPS) is 12.2. The summed E-state index contributed by atoms with van der Waals surface area (Å²) in [5.41, 5.74) is -1.02. The van der Waals surface area contributed by atoms with E-state index < -0.39 is 38.3 Å². The van der Waals surface area contributed by atoms with E-state index in [1.165, 1.54) is 0 Å². The highest BCUT2D eigenvalue weighted by Gasteiger charge is 2.32. The van der Waals surface area contributed by atoms with Crippen molar-refractivity contribution in [1.82, 2.24) is 9.97 Å². The number of nitrogens with zero attached hydrogens (tertiary/aromatic N) is 2. The van der Waals surface area contributed by atoms with Crippen LogP contribution in [0.4, 0.5) is 27.6 Å². The summed E-state index contributed by atoms with van der Waals surface area (Å²) in [4.78, 5) is 18.1. The predicted molar refractivity (Wildman–Crippen MR) is 86.0 cm³/mol. The number of benzene rings is 1. The van der Waals surface area contributed by atoms with Crippen molar-refractivity contribution in [2.75, 3.05) is 11.1 Å². The maximum atomic E-state index is 12.6. The number of aromatic nitrogens is 2.